The number of carbonyl (C=O) groups is 2. The minimum absolute atomic E-state index is 0.0635. The molecule has 272 valence electrons. The van der Waals surface area contributed by atoms with E-state index in [0.717, 1.165) is 12.8 Å². The predicted octanol–water partition coefficient (Wildman–Crippen LogP) is 7.65. The molecule has 0 aromatic rings. The molecule has 0 rings (SSSR count). The standard InChI is InChI=1S/C38H55O10P/c1-3-5-7-9-11-13-15-17-19-21-23-25-27-29-37(41)45-33-36(34-47-49(43,44)46-32-35(40)31-39)48-38(42)30-28-26-24-22-20-18-16-14-12-10-8-6-4-2/h5-24,35-36,39-40H,3-4,25-34H2,1-2H3,(H,43,44)/b7-5+,8-6+,11-9+,12-10+,15-13+,16-14+,19-17+,20-18+,23-21+,24-22+/t35-,36?/m0/s1. The molecule has 0 radical (unpaired) electrons. The van der Waals surface area contributed by atoms with E-state index in [1.807, 2.05) is 109 Å². The summed E-state index contributed by atoms with van der Waals surface area (Å²) in [6.07, 6.45) is 40.6. The molecular formula is C38H55O10P. The van der Waals surface area contributed by atoms with E-state index in [4.69, 9.17) is 19.1 Å². The minimum atomic E-state index is -4.65. The van der Waals surface area contributed by atoms with E-state index in [1.165, 1.54) is 0 Å². The van der Waals surface area contributed by atoms with Gasteiger partial charge in [-0.1, -0.05) is 135 Å². The molecule has 0 spiro atoms. The van der Waals surface area contributed by atoms with Crippen LogP contribution in [0.2, 0.25) is 0 Å². The fourth-order valence-electron chi connectivity index (χ4n) is 3.34. The van der Waals surface area contributed by atoms with Crippen molar-refractivity contribution in [1.82, 2.24) is 0 Å². The molecule has 0 aromatic heterocycles. The zero-order chi connectivity index (χ0) is 36.3. The number of hydrogen-bond donors (Lipinski definition) is 3. The summed E-state index contributed by atoms with van der Waals surface area (Å²) >= 11 is 0. The number of aliphatic hydroxyl groups excluding tert-OH is 2. The van der Waals surface area contributed by atoms with E-state index in [0.29, 0.717) is 25.7 Å². The maximum atomic E-state index is 12.5. The van der Waals surface area contributed by atoms with Gasteiger partial charge in [-0.3, -0.25) is 18.6 Å². The topological polar surface area (TPSA) is 149 Å². The van der Waals surface area contributed by atoms with Crippen molar-refractivity contribution in [3.8, 4) is 0 Å². The Morgan fingerprint density at radius 2 is 1.02 bits per heavy atom. The lowest BCUT2D eigenvalue weighted by Gasteiger charge is -2.20. The number of ether oxygens (including phenoxy) is 2. The number of aliphatic hydroxyl groups is 2. The molecule has 11 heteroatoms. The Hall–Kier alpha value is -3.63. The molecule has 3 atom stereocenters. The molecule has 49 heavy (non-hydrogen) atoms. The quantitative estimate of drug-likeness (QED) is 0.0321. The van der Waals surface area contributed by atoms with Crippen LogP contribution in [-0.4, -0.2) is 65.7 Å². The molecule has 0 bridgehead atoms. The van der Waals surface area contributed by atoms with Gasteiger partial charge >= 0.3 is 19.8 Å². The van der Waals surface area contributed by atoms with E-state index in [1.54, 1.807) is 0 Å². The first-order chi connectivity index (χ1) is 23.7. The molecule has 3 N–H and O–H groups in total. The fourth-order valence-corrected chi connectivity index (χ4v) is 4.13. The lowest BCUT2D eigenvalue weighted by molar-refractivity contribution is -0.161. The van der Waals surface area contributed by atoms with Crippen LogP contribution in [0.15, 0.2) is 122 Å². The molecule has 0 aromatic carbocycles. The highest BCUT2D eigenvalue weighted by Crippen LogP contribution is 2.43. The molecule has 0 amide bonds. The monoisotopic (exact) mass is 702 g/mol. The largest absolute Gasteiger partial charge is 0.472 e. The van der Waals surface area contributed by atoms with Gasteiger partial charge in [0.1, 0.15) is 12.7 Å². The summed E-state index contributed by atoms with van der Waals surface area (Å²) in [6, 6.07) is 0. The normalized spacial score (nSPS) is 15.6. The highest BCUT2D eigenvalue weighted by Gasteiger charge is 2.27. The smallest absolute Gasteiger partial charge is 0.462 e. The number of rotatable bonds is 28. The van der Waals surface area contributed by atoms with Crippen molar-refractivity contribution in [2.45, 2.75) is 77.4 Å². The summed E-state index contributed by atoms with van der Waals surface area (Å²) in [4.78, 5) is 34.6. The van der Waals surface area contributed by atoms with Crippen LogP contribution < -0.4 is 0 Å². The lowest BCUT2D eigenvalue weighted by Crippen LogP contribution is -2.29. The van der Waals surface area contributed by atoms with Gasteiger partial charge in [-0.25, -0.2) is 4.57 Å². The predicted molar refractivity (Wildman–Crippen MR) is 195 cm³/mol. The number of allylic oxidation sites excluding steroid dienone is 20. The first kappa shape index (κ1) is 45.4. The van der Waals surface area contributed by atoms with Crippen LogP contribution >= 0.6 is 7.82 Å². The fraction of sp³-hybridized carbons (Fsp3) is 0.421. The van der Waals surface area contributed by atoms with Gasteiger partial charge in [-0.15, -0.1) is 0 Å². The molecule has 0 saturated heterocycles. The third-order valence-corrected chi connectivity index (χ3v) is 6.82. The van der Waals surface area contributed by atoms with Crippen LogP contribution in [0.3, 0.4) is 0 Å². The van der Waals surface area contributed by atoms with Crippen molar-refractivity contribution in [2.24, 2.45) is 0 Å². The highest BCUT2D eigenvalue weighted by atomic mass is 31.2. The van der Waals surface area contributed by atoms with Crippen molar-refractivity contribution < 1.29 is 47.8 Å². The molecule has 0 heterocycles. The van der Waals surface area contributed by atoms with Gasteiger partial charge in [0.05, 0.1) is 19.8 Å². The zero-order valence-corrected chi connectivity index (χ0v) is 29.7. The van der Waals surface area contributed by atoms with Crippen molar-refractivity contribution in [2.75, 3.05) is 26.4 Å². The van der Waals surface area contributed by atoms with Crippen LogP contribution in [-0.2, 0) is 32.7 Å². The summed E-state index contributed by atoms with van der Waals surface area (Å²) in [5.74, 6) is -1.12. The third-order valence-electron chi connectivity index (χ3n) is 5.87. The van der Waals surface area contributed by atoms with Crippen molar-refractivity contribution in [1.29, 1.82) is 0 Å². The molecule has 0 saturated carbocycles. The van der Waals surface area contributed by atoms with Gasteiger partial charge in [0.25, 0.3) is 0 Å². The highest BCUT2D eigenvalue weighted by molar-refractivity contribution is 7.47. The average Bonchev–Trinajstić information content (AvgIpc) is 3.09. The van der Waals surface area contributed by atoms with E-state index in [9.17, 15) is 24.2 Å². The second kappa shape index (κ2) is 32.9. The van der Waals surface area contributed by atoms with Crippen LogP contribution in [0.1, 0.15) is 65.2 Å². The number of hydrogen-bond acceptors (Lipinski definition) is 9. The maximum absolute atomic E-state index is 12.5. The summed E-state index contributed by atoms with van der Waals surface area (Å²) < 4.78 is 32.3. The van der Waals surface area contributed by atoms with Crippen LogP contribution in [0.4, 0.5) is 0 Å². The summed E-state index contributed by atoms with van der Waals surface area (Å²) in [6.45, 7) is 1.84. The van der Waals surface area contributed by atoms with Crippen molar-refractivity contribution in [3.05, 3.63) is 122 Å². The Bertz CT molecular complexity index is 1220. The lowest BCUT2D eigenvalue weighted by atomic mass is 10.2. The van der Waals surface area contributed by atoms with Crippen LogP contribution in [0.25, 0.3) is 0 Å². The first-order valence-corrected chi connectivity index (χ1v) is 18.1. The van der Waals surface area contributed by atoms with Gasteiger partial charge in [0.15, 0.2) is 6.10 Å². The van der Waals surface area contributed by atoms with Crippen LogP contribution in [0, 0.1) is 0 Å². The summed E-state index contributed by atoms with van der Waals surface area (Å²) in [5.41, 5.74) is 0. The Labute approximate surface area is 292 Å². The van der Waals surface area contributed by atoms with Gasteiger partial charge in [0.2, 0.25) is 0 Å². The van der Waals surface area contributed by atoms with E-state index < -0.39 is 51.8 Å². The Morgan fingerprint density at radius 3 is 1.47 bits per heavy atom. The maximum Gasteiger partial charge on any atom is 0.472 e. The molecule has 0 aliphatic heterocycles. The SMILES string of the molecule is CC/C=C/C=C/C=C/C=C/C=C/CCCC(=O)OCC(COP(=O)(O)OC[C@@H](O)CO)OC(=O)CCC/C=C/C=C/C=C/C=C/C=C/CC. The molecule has 2 unspecified atom stereocenters. The molecule has 0 fully saturated rings. The second-order valence-corrected chi connectivity index (χ2v) is 11.8. The average molecular weight is 703 g/mol. The van der Waals surface area contributed by atoms with Gasteiger partial charge in [0, 0.05) is 12.8 Å². The van der Waals surface area contributed by atoms with Crippen molar-refractivity contribution >= 4 is 19.8 Å². The number of phosphoric acid groups is 1. The third kappa shape index (κ3) is 32.7. The van der Waals surface area contributed by atoms with E-state index >= 15 is 0 Å². The van der Waals surface area contributed by atoms with Gasteiger partial charge in [-0.2, -0.15) is 0 Å². The molecular weight excluding hydrogens is 647 g/mol. The molecule has 0 aliphatic rings. The summed E-state index contributed by atoms with van der Waals surface area (Å²) in [5, 5.41) is 18.2. The first-order valence-electron chi connectivity index (χ1n) is 16.6. The van der Waals surface area contributed by atoms with Crippen molar-refractivity contribution in [3.63, 3.8) is 0 Å². The van der Waals surface area contributed by atoms with Gasteiger partial charge in [-0.05, 0) is 38.5 Å². The molecule has 0 aliphatic carbocycles. The van der Waals surface area contributed by atoms with Gasteiger partial charge < -0.3 is 24.6 Å². The second-order valence-electron chi connectivity index (χ2n) is 10.3. The van der Waals surface area contributed by atoms with Crippen LogP contribution in [0.5, 0.6) is 0 Å². The number of unbranched alkanes of at least 4 members (excludes halogenated alkanes) is 2. The minimum Gasteiger partial charge on any atom is -0.462 e. The molecule has 10 nitrogen and oxygen atoms in total. The Morgan fingerprint density at radius 1 is 0.612 bits per heavy atom. The number of esters is 2. The number of phosphoric ester groups is 1. The Kier molecular flexibility index (Phi) is 30.5. The Balaban J connectivity index is 4.75. The number of carbonyl (C=O) groups excluding carboxylic acids is 2. The summed E-state index contributed by atoms with van der Waals surface area (Å²) in [7, 11) is -4.65. The zero-order valence-electron chi connectivity index (χ0n) is 28.8. The van der Waals surface area contributed by atoms with E-state index in [2.05, 4.69) is 30.5 Å². The van der Waals surface area contributed by atoms with E-state index in [-0.39, 0.29) is 19.4 Å².